The maximum absolute atomic E-state index is 8.24. The molecule has 0 radical (unpaired) electrons. The summed E-state index contributed by atoms with van der Waals surface area (Å²) in [5.41, 5.74) is 10.8. The average Bonchev–Trinajstić information content (AvgIpc) is 2.56. The predicted molar refractivity (Wildman–Crippen MR) is 57.6 cm³/mol. The summed E-state index contributed by atoms with van der Waals surface area (Å²) in [6.07, 6.45) is 4.72. The van der Waals surface area contributed by atoms with E-state index in [4.69, 9.17) is 5.53 Å². The SMILES string of the molecule is Cc1nc2c(n1CCN=[N+]=[N-])CCCC2. The van der Waals surface area contributed by atoms with Crippen LogP contribution in [-0.2, 0) is 19.4 Å². The van der Waals surface area contributed by atoms with Crippen molar-refractivity contribution in [1.82, 2.24) is 9.55 Å². The zero-order valence-electron chi connectivity index (χ0n) is 8.98. The summed E-state index contributed by atoms with van der Waals surface area (Å²) in [6, 6.07) is 0. The lowest BCUT2D eigenvalue weighted by molar-refractivity contribution is 0.600. The molecule has 0 atom stereocenters. The second-order valence-electron chi connectivity index (χ2n) is 3.87. The van der Waals surface area contributed by atoms with Gasteiger partial charge in [0.15, 0.2) is 0 Å². The molecular formula is C10H15N5. The molecule has 0 N–H and O–H groups in total. The van der Waals surface area contributed by atoms with Crippen molar-refractivity contribution >= 4 is 0 Å². The quantitative estimate of drug-likeness (QED) is 0.424. The van der Waals surface area contributed by atoms with Crippen LogP contribution >= 0.6 is 0 Å². The Morgan fingerprint density at radius 1 is 1.47 bits per heavy atom. The van der Waals surface area contributed by atoms with Gasteiger partial charge in [-0.25, -0.2) is 4.98 Å². The van der Waals surface area contributed by atoms with Crippen LogP contribution in [0.1, 0.15) is 30.1 Å². The zero-order chi connectivity index (χ0) is 10.7. The number of nitrogens with zero attached hydrogens (tertiary/aromatic N) is 5. The lowest BCUT2D eigenvalue weighted by Crippen LogP contribution is -2.10. The third-order valence-corrected chi connectivity index (χ3v) is 2.91. The molecule has 0 spiro atoms. The van der Waals surface area contributed by atoms with Crippen molar-refractivity contribution in [2.24, 2.45) is 5.11 Å². The molecule has 0 saturated heterocycles. The van der Waals surface area contributed by atoms with Crippen LogP contribution in [0.2, 0.25) is 0 Å². The number of rotatable bonds is 3. The fourth-order valence-corrected chi connectivity index (χ4v) is 2.22. The first kappa shape index (κ1) is 10.1. The van der Waals surface area contributed by atoms with Crippen molar-refractivity contribution in [3.8, 4) is 0 Å². The molecule has 1 aliphatic carbocycles. The van der Waals surface area contributed by atoms with E-state index in [9.17, 15) is 0 Å². The Kier molecular flexibility index (Phi) is 2.92. The Hall–Kier alpha value is -1.48. The highest BCUT2D eigenvalue weighted by Gasteiger charge is 2.17. The third-order valence-electron chi connectivity index (χ3n) is 2.91. The van der Waals surface area contributed by atoms with Crippen molar-refractivity contribution in [3.05, 3.63) is 27.7 Å². The lowest BCUT2D eigenvalue weighted by atomic mass is 10.0. The number of aryl methyl sites for hydroxylation is 2. The van der Waals surface area contributed by atoms with E-state index in [1.54, 1.807) is 0 Å². The van der Waals surface area contributed by atoms with Gasteiger partial charge < -0.3 is 4.57 Å². The molecule has 80 valence electrons. The van der Waals surface area contributed by atoms with Gasteiger partial charge in [-0.15, -0.1) is 0 Å². The summed E-state index contributed by atoms with van der Waals surface area (Å²) >= 11 is 0. The Labute approximate surface area is 88.8 Å². The predicted octanol–water partition coefficient (Wildman–Crippen LogP) is 2.38. The van der Waals surface area contributed by atoms with E-state index in [0.29, 0.717) is 6.54 Å². The molecule has 0 saturated carbocycles. The van der Waals surface area contributed by atoms with Crippen molar-refractivity contribution in [3.63, 3.8) is 0 Å². The highest BCUT2D eigenvalue weighted by atomic mass is 15.2. The van der Waals surface area contributed by atoms with Crippen LogP contribution < -0.4 is 0 Å². The van der Waals surface area contributed by atoms with E-state index in [1.807, 2.05) is 6.92 Å². The summed E-state index contributed by atoms with van der Waals surface area (Å²) in [7, 11) is 0. The molecule has 0 amide bonds. The zero-order valence-corrected chi connectivity index (χ0v) is 8.98. The van der Waals surface area contributed by atoms with Gasteiger partial charge in [-0.2, -0.15) is 0 Å². The number of imidazole rings is 1. The first-order valence-electron chi connectivity index (χ1n) is 5.38. The van der Waals surface area contributed by atoms with Gasteiger partial charge in [0, 0.05) is 23.7 Å². The van der Waals surface area contributed by atoms with E-state index >= 15 is 0 Å². The first-order valence-corrected chi connectivity index (χ1v) is 5.38. The molecule has 1 aromatic heterocycles. The molecule has 0 fully saturated rings. The summed E-state index contributed by atoms with van der Waals surface area (Å²) in [6.45, 7) is 3.30. The largest absolute Gasteiger partial charge is 0.332 e. The molecule has 0 unspecified atom stereocenters. The Balaban J connectivity index is 2.21. The highest BCUT2D eigenvalue weighted by molar-refractivity contribution is 5.19. The maximum Gasteiger partial charge on any atom is 0.106 e. The average molecular weight is 205 g/mol. The molecule has 0 aliphatic heterocycles. The number of hydrogen-bond donors (Lipinski definition) is 0. The molecule has 15 heavy (non-hydrogen) atoms. The van der Waals surface area contributed by atoms with Crippen LogP contribution in [0.3, 0.4) is 0 Å². The van der Waals surface area contributed by atoms with Crippen LogP contribution in [0.4, 0.5) is 0 Å². The minimum absolute atomic E-state index is 0.514. The molecule has 0 aromatic carbocycles. The number of hydrogen-bond acceptors (Lipinski definition) is 2. The Morgan fingerprint density at radius 2 is 2.27 bits per heavy atom. The van der Waals surface area contributed by atoms with Crippen molar-refractivity contribution < 1.29 is 0 Å². The standard InChI is InChI=1S/C10H15N5/c1-8-13-9-4-2-3-5-10(9)15(8)7-6-12-14-11/h2-7H2,1H3. The smallest absolute Gasteiger partial charge is 0.106 e. The van der Waals surface area contributed by atoms with Gasteiger partial charge >= 0.3 is 0 Å². The van der Waals surface area contributed by atoms with Crippen LogP contribution in [0.15, 0.2) is 5.11 Å². The normalized spacial score (nSPS) is 14.5. The van der Waals surface area contributed by atoms with E-state index in [1.165, 1.54) is 24.2 Å². The molecule has 1 aromatic rings. The van der Waals surface area contributed by atoms with E-state index in [0.717, 1.165) is 25.2 Å². The Morgan fingerprint density at radius 3 is 3.07 bits per heavy atom. The lowest BCUT2D eigenvalue weighted by Gasteiger charge is -2.13. The molecule has 1 aliphatic rings. The van der Waals surface area contributed by atoms with Crippen LogP contribution in [0.25, 0.3) is 10.4 Å². The van der Waals surface area contributed by atoms with E-state index in [-0.39, 0.29) is 0 Å². The second kappa shape index (κ2) is 4.36. The summed E-state index contributed by atoms with van der Waals surface area (Å²) in [4.78, 5) is 7.33. The van der Waals surface area contributed by atoms with Gasteiger partial charge in [0.25, 0.3) is 0 Å². The first-order chi connectivity index (χ1) is 7.33. The second-order valence-corrected chi connectivity index (χ2v) is 3.87. The van der Waals surface area contributed by atoms with Gasteiger partial charge in [-0.1, -0.05) is 5.11 Å². The monoisotopic (exact) mass is 205 g/mol. The van der Waals surface area contributed by atoms with Crippen LogP contribution in [0, 0.1) is 6.92 Å². The minimum atomic E-state index is 0.514. The molecule has 0 bridgehead atoms. The van der Waals surface area contributed by atoms with Gasteiger partial charge in [0.05, 0.1) is 5.69 Å². The van der Waals surface area contributed by atoms with E-state index < -0.39 is 0 Å². The minimum Gasteiger partial charge on any atom is -0.332 e. The summed E-state index contributed by atoms with van der Waals surface area (Å²) in [5, 5.41) is 3.57. The topological polar surface area (TPSA) is 66.6 Å². The molecule has 5 heteroatoms. The van der Waals surface area contributed by atoms with Gasteiger partial charge in [0.1, 0.15) is 5.82 Å². The molecule has 2 rings (SSSR count). The number of azide groups is 1. The third kappa shape index (κ3) is 1.97. The molecule has 1 heterocycles. The van der Waals surface area contributed by atoms with Crippen molar-refractivity contribution in [1.29, 1.82) is 0 Å². The van der Waals surface area contributed by atoms with Crippen LogP contribution in [-0.4, -0.2) is 16.1 Å². The molecule has 5 nitrogen and oxygen atoms in total. The number of fused-ring (bicyclic) bond motifs is 1. The summed E-state index contributed by atoms with van der Waals surface area (Å²) in [5.74, 6) is 1.05. The van der Waals surface area contributed by atoms with Gasteiger partial charge in [-0.3, -0.25) is 0 Å². The molecular weight excluding hydrogens is 190 g/mol. The Bertz CT molecular complexity index is 400. The number of aromatic nitrogens is 2. The fourth-order valence-electron chi connectivity index (χ4n) is 2.22. The maximum atomic E-state index is 8.24. The van der Waals surface area contributed by atoms with Crippen molar-refractivity contribution in [2.75, 3.05) is 6.54 Å². The highest BCUT2D eigenvalue weighted by Crippen LogP contribution is 2.21. The van der Waals surface area contributed by atoms with Gasteiger partial charge in [0.2, 0.25) is 0 Å². The fraction of sp³-hybridized carbons (Fsp3) is 0.700. The summed E-state index contributed by atoms with van der Waals surface area (Å²) < 4.78 is 2.20. The van der Waals surface area contributed by atoms with Crippen molar-refractivity contribution in [2.45, 2.75) is 39.2 Å². The van der Waals surface area contributed by atoms with Gasteiger partial charge in [-0.05, 0) is 38.1 Å². The van der Waals surface area contributed by atoms with Crippen LogP contribution in [0.5, 0.6) is 0 Å². The van der Waals surface area contributed by atoms with E-state index in [2.05, 4.69) is 19.6 Å².